The van der Waals surface area contributed by atoms with E-state index in [0.717, 1.165) is 31.6 Å². The molecule has 2 aliphatic rings. The molecule has 3 nitrogen and oxygen atoms in total. The zero-order chi connectivity index (χ0) is 10.2. The van der Waals surface area contributed by atoms with Crippen molar-refractivity contribution in [2.24, 2.45) is 5.92 Å². The van der Waals surface area contributed by atoms with E-state index in [9.17, 15) is 8.42 Å². The van der Waals surface area contributed by atoms with Gasteiger partial charge in [0.2, 0.25) is 10.0 Å². The smallest absolute Gasteiger partial charge is 0.212 e. The maximum atomic E-state index is 11.6. The first-order chi connectivity index (χ1) is 6.62. The minimum Gasteiger partial charge on any atom is -0.212 e. The van der Waals surface area contributed by atoms with E-state index in [1.165, 1.54) is 12.8 Å². The standard InChI is InChI=1S/C10H19NO2S/c1-2-8-3-4-9(7-8)11-14(12,13)10-5-6-10/h8-11H,2-7H2,1H3/t8?,9-/m0/s1. The zero-order valence-electron chi connectivity index (χ0n) is 8.70. The third kappa shape index (κ3) is 2.28. The van der Waals surface area contributed by atoms with E-state index < -0.39 is 10.0 Å². The summed E-state index contributed by atoms with van der Waals surface area (Å²) in [5.74, 6) is 0.738. The van der Waals surface area contributed by atoms with Gasteiger partial charge in [0.1, 0.15) is 0 Å². The Morgan fingerprint density at radius 3 is 2.43 bits per heavy atom. The molecule has 4 heteroatoms. The lowest BCUT2D eigenvalue weighted by Gasteiger charge is -2.12. The summed E-state index contributed by atoms with van der Waals surface area (Å²) < 4.78 is 26.1. The molecule has 0 heterocycles. The SMILES string of the molecule is CCC1CC[C@H](NS(=O)(=O)C2CC2)C1. The van der Waals surface area contributed by atoms with E-state index >= 15 is 0 Å². The molecule has 0 aromatic carbocycles. The molecule has 1 N–H and O–H groups in total. The highest BCUT2D eigenvalue weighted by Gasteiger charge is 2.38. The number of hydrogen-bond acceptors (Lipinski definition) is 2. The molecule has 0 aromatic rings. The van der Waals surface area contributed by atoms with Crippen LogP contribution in [0.2, 0.25) is 0 Å². The highest BCUT2D eigenvalue weighted by Crippen LogP contribution is 2.32. The summed E-state index contributed by atoms with van der Waals surface area (Å²) in [5, 5.41) is -0.0665. The zero-order valence-corrected chi connectivity index (χ0v) is 9.52. The van der Waals surface area contributed by atoms with Crippen LogP contribution in [0.25, 0.3) is 0 Å². The molecule has 0 amide bonds. The maximum Gasteiger partial charge on any atom is 0.214 e. The lowest BCUT2D eigenvalue weighted by Crippen LogP contribution is -2.35. The lowest BCUT2D eigenvalue weighted by atomic mass is 10.1. The van der Waals surface area contributed by atoms with Crippen LogP contribution in [0, 0.1) is 5.92 Å². The topological polar surface area (TPSA) is 46.2 Å². The molecular weight excluding hydrogens is 198 g/mol. The van der Waals surface area contributed by atoms with Crippen LogP contribution in [-0.2, 0) is 10.0 Å². The van der Waals surface area contributed by atoms with Crippen molar-refractivity contribution in [1.82, 2.24) is 4.72 Å². The van der Waals surface area contributed by atoms with Crippen molar-refractivity contribution in [2.45, 2.75) is 56.7 Å². The average Bonchev–Trinajstić information content (AvgIpc) is 2.89. The Bertz CT molecular complexity index is 295. The van der Waals surface area contributed by atoms with E-state index in [4.69, 9.17) is 0 Å². The Hall–Kier alpha value is -0.0900. The third-order valence-electron chi connectivity index (χ3n) is 3.41. The van der Waals surface area contributed by atoms with Gasteiger partial charge in [0, 0.05) is 6.04 Å². The van der Waals surface area contributed by atoms with Crippen molar-refractivity contribution in [3.8, 4) is 0 Å². The molecule has 0 aromatic heterocycles. The van der Waals surface area contributed by atoms with Gasteiger partial charge in [0.25, 0.3) is 0 Å². The van der Waals surface area contributed by atoms with Crippen molar-refractivity contribution < 1.29 is 8.42 Å². The summed E-state index contributed by atoms with van der Waals surface area (Å²) in [6, 6.07) is 0.227. The van der Waals surface area contributed by atoms with E-state index in [0.29, 0.717) is 0 Å². The fraction of sp³-hybridized carbons (Fsp3) is 1.00. The van der Waals surface area contributed by atoms with Crippen molar-refractivity contribution in [1.29, 1.82) is 0 Å². The molecule has 2 aliphatic carbocycles. The number of nitrogens with one attached hydrogen (secondary N) is 1. The summed E-state index contributed by atoms with van der Waals surface area (Å²) in [7, 11) is -2.95. The van der Waals surface area contributed by atoms with Crippen LogP contribution in [0.3, 0.4) is 0 Å². The number of sulfonamides is 1. The molecule has 1 unspecified atom stereocenters. The van der Waals surface area contributed by atoms with Gasteiger partial charge in [0.15, 0.2) is 0 Å². The second kappa shape index (κ2) is 3.81. The van der Waals surface area contributed by atoms with Gasteiger partial charge in [-0.2, -0.15) is 0 Å². The van der Waals surface area contributed by atoms with Crippen LogP contribution in [0.15, 0.2) is 0 Å². The monoisotopic (exact) mass is 217 g/mol. The second-order valence-corrected chi connectivity index (χ2v) is 6.64. The first kappa shape index (κ1) is 10.4. The summed E-state index contributed by atoms with van der Waals surface area (Å²) >= 11 is 0. The molecular formula is C10H19NO2S. The molecule has 0 bridgehead atoms. The fourth-order valence-electron chi connectivity index (χ4n) is 2.26. The molecule has 2 fully saturated rings. The predicted octanol–water partition coefficient (Wildman–Crippen LogP) is 1.65. The lowest BCUT2D eigenvalue weighted by molar-refractivity contribution is 0.504. The van der Waals surface area contributed by atoms with Crippen LogP contribution in [0.5, 0.6) is 0 Å². The third-order valence-corrected chi connectivity index (χ3v) is 5.42. The maximum absolute atomic E-state index is 11.6. The molecule has 82 valence electrons. The van der Waals surface area contributed by atoms with Crippen molar-refractivity contribution in [3.05, 3.63) is 0 Å². The van der Waals surface area contributed by atoms with Gasteiger partial charge in [-0.1, -0.05) is 13.3 Å². The number of rotatable bonds is 4. The van der Waals surface area contributed by atoms with Crippen LogP contribution >= 0.6 is 0 Å². The number of hydrogen-bond donors (Lipinski definition) is 1. The summed E-state index contributed by atoms with van der Waals surface area (Å²) in [5.41, 5.74) is 0. The molecule has 2 saturated carbocycles. The Morgan fingerprint density at radius 1 is 1.21 bits per heavy atom. The van der Waals surface area contributed by atoms with Crippen LogP contribution < -0.4 is 4.72 Å². The van der Waals surface area contributed by atoms with Crippen molar-refractivity contribution in [3.63, 3.8) is 0 Å². The van der Waals surface area contributed by atoms with E-state index in [1.54, 1.807) is 0 Å². The quantitative estimate of drug-likeness (QED) is 0.778. The normalized spacial score (nSPS) is 33.5. The Labute approximate surface area is 86.3 Å². The highest BCUT2D eigenvalue weighted by atomic mass is 32.2. The summed E-state index contributed by atoms with van der Waals surface area (Å²) in [4.78, 5) is 0. The minimum absolute atomic E-state index is 0.0665. The van der Waals surface area contributed by atoms with Crippen LogP contribution in [-0.4, -0.2) is 19.7 Å². The van der Waals surface area contributed by atoms with Crippen molar-refractivity contribution >= 4 is 10.0 Å². The first-order valence-corrected chi connectivity index (χ1v) is 7.17. The van der Waals surface area contributed by atoms with Crippen LogP contribution in [0.1, 0.15) is 45.4 Å². The van der Waals surface area contributed by atoms with Gasteiger partial charge in [-0.05, 0) is 38.0 Å². The van der Waals surface area contributed by atoms with Crippen LogP contribution in [0.4, 0.5) is 0 Å². The van der Waals surface area contributed by atoms with Gasteiger partial charge in [-0.3, -0.25) is 0 Å². The molecule has 0 spiro atoms. The van der Waals surface area contributed by atoms with Gasteiger partial charge in [0.05, 0.1) is 5.25 Å². The Balaban J connectivity index is 1.86. The van der Waals surface area contributed by atoms with E-state index in [1.807, 2.05) is 0 Å². The van der Waals surface area contributed by atoms with E-state index in [-0.39, 0.29) is 11.3 Å². The molecule has 0 radical (unpaired) electrons. The van der Waals surface area contributed by atoms with Gasteiger partial charge < -0.3 is 0 Å². The molecule has 0 saturated heterocycles. The Morgan fingerprint density at radius 2 is 1.93 bits per heavy atom. The van der Waals surface area contributed by atoms with Gasteiger partial charge >= 0.3 is 0 Å². The minimum atomic E-state index is -2.95. The van der Waals surface area contributed by atoms with Crippen molar-refractivity contribution in [2.75, 3.05) is 0 Å². The summed E-state index contributed by atoms with van der Waals surface area (Å²) in [6.45, 7) is 2.18. The van der Waals surface area contributed by atoms with Gasteiger partial charge in [-0.25, -0.2) is 13.1 Å². The Kier molecular flexibility index (Phi) is 2.84. The first-order valence-electron chi connectivity index (χ1n) is 5.63. The largest absolute Gasteiger partial charge is 0.214 e. The predicted molar refractivity (Wildman–Crippen MR) is 56.5 cm³/mol. The molecule has 0 aliphatic heterocycles. The fourth-order valence-corrected chi connectivity index (χ4v) is 3.89. The van der Waals surface area contributed by atoms with E-state index in [2.05, 4.69) is 11.6 Å². The molecule has 14 heavy (non-hydrogen) atoms. The summed E-state index contributed by atoms with van der Waals surface area (Å²) in [6.07, 6.45) is 6.17. The van der Waals surface area contributed by atoms with Gasteiger partial charge in [-0.15, -0.1) is 0 Å². The highest BCUT2D eigenvalue weighted by molar-refractivity contribution is 7.90. The second-order valence-electron chi connectivity index (χ2n) is 4.65. The molecule has 2 atom stereocenters. The molecule has 2 rings (SSSR count). The average molecular weight is 217 g/mol.